The molecule has 6 nitrogen and oxygen atoms in total. The van der Waals surface area contributed by atoms with Crippen LogP contribution in [0.3, 0.4) is 0 Å². The van der Waals surface area contributed by atoms with Gasteiger partial charge in [0.1, 0.15) is 25.2 Å². The standard InChI is InChI=1S/C13H13NO5/c1-17-13-9(3-2-4-14-13)7-19-12-8-18-10(6-15)5-11(12)16/h2-5,8,15H,6-7H2,1H3. The summed E-state index contributed by atoms with van der Waals surface area (Å²) in [7, 11) is 1.51. The highest BCUT2D eigenvalue weighted by molar-refractivity contribution is 5.26. The molecule has 2 aromatic heterocycles. The minimum Gasteiger partial charge on any atom is -0.482 e. The molecule has 6 heteroatoms. The van der Waals surface area contributed by atoms with Crippen molar-refractivity contribution in [1.82, 2.24) is 4.98 Å². The third-order valence-corrected chi connectivity index (χ3v) is 2.43. The Labute approximate surface area is 109 Å². The molecule has 2 rings (SSSR count). The SMILES string of the molecule is COc1ncccc1COc1coc(CO)cc1=O. The number of aromatic nitrogens is 1. The summed E-state index contributed by atoms with van der Waals surface area (Å²) in [5, 5.41) is 8.83. The van der Waals surface area contributed by atoms with Crippen molar-refractivity contribution in [1.29, 1.82) is 0 Å². The summed E-state index contributed by atoms with van der Waals surface area (Å²) in [5.41, 5.74) is 0.369. The fourth-order valence-electron chi connectivity index (χ4n) is 1.50. The quantitative estimate of drug-likeness (QED) is 0.870. The first-order valence-electron chi connectivity index (χ1n) is 5.58. The first-order chi connectivity index (χ1) is 9.24. The maximum absolute atomic E-state index is 11.6. The van der Waals surface area contributed by atoms with E-state index in [4.69, 9.17) is 19.0 Å². The van der Waals surface area contributed by atoms with Gasteiger partial charge in [-0.25, -0.2) is 4.98 Å². The van der Waals surface area contributed by atoms with Gasteiger partial charge in [-0.15, -0.1) is 0 Å². The summed E-state index contributed by atoms with van der Waals surface area (Å²) < 4.78 is 15.4. The van der Waals surface area contributed by atoms with E-state index < -0.39 is 0 Å². The lowest BCUT2D eigenvalue weighted by molar-refractivity contribution is 0.235. The van der Waals surface area contributed by atoms with Crippen LogP contribution in [0.2, 0.25) is 0 Å². The summed E-state index contributed by atoms with van der Waals surface area (Å²) >= 11 is 0. The molecule has 2 aromatic rings. The zero-order valence-corrected chi connectivity index (χ0v) is 10.3. The minimum atomic E-state index is -0.349. The number of ether oxygens (including phenoxy) is 2. The zero-order chi connectivity index (χ0) is 13.7. The molecule has 0 atom stereocenters. The molecule has 2 heterocycles. The number of nitrogens with zero attached hydrogens (tertiary/aromatic N) is 1. The molecule has 0 unspecified atom stereocenters. The molecular formula is C13H13NO5. The van der Waals surface area contributed by atoms with Crippen LogP contribution in [0.25, 0.3) is 0 Å². The number of hydrogen-bond acceptors (Lipinski definition) is 6. The molecule has 0 fully saturated rings. The molecule has 19 heavy (non-hydrogen) atoms. The number of aliphatic hydroxyl groups is 1. The largest absolute Gasteiger partial charge is 0.482 e. The van der Waals surface area contributed by atoms with Gasteiger partial charge >= 0.3 is 0 Å². The first kappa shape index (κ1) is 13.1. The van der Waals surface area contributed by atoms with E-state index in [0.717, 1.165) is 5.56 Å². The number of pyridine rings is 1. The molecule has 0 radical (unpaired) electrons. The van der Waals surface area contributed by atoms with Crippen molar-refractivity contribution < 1.29 is 19.0 Å². The molecule has 0 saturated carbocycles. The van der Waals surface area contributed by atoms with Crippen molar-refractivity contribution in [2.24, 2.45) is 0 Å². The van der Waals surface area contributed by atoms with Gasteiger partial charge < -0.3 is 19.0 Å². The van der Waals surface area contributed by atoms with Crippen molar-refractivity contribution in [3.05, 3.63) is 52.2 Å². The minimum absolute atomic E-state index is 0.0723. The van der Waals surface area contributed by atoms with Crippen LogP contribution in [0.1, 0.15) is 11.3 Å². The monoisotopic (exact) mass is 263 g/mol. The van der Waals surface area contributed by atoms with E-state index in [-0.39, 0.29) is 30.2 Å². The van der Waals surface area contributed by atoms with E-state index in [0.29, 0.717) is 5.88 Å². The average molecular weight is 263 g/mol. The Morgan fingerprint density at radius 3 is 3.00 bits per heavy atom. The van der Waals surface area contributed by atoms with E-state index in [9.17, 15) is 4.79 Å². The summed E-state index contributed by atoms with van der Waals surface area (Å²) in [4.78, 5) is 15.7. The van der Waals surface area contributed by atoms with Crippen LogP contribution in [0.5, 0.6) is 11.6 Å². The molecule has 0 aliphatic carbocycles. The fourth-order valence-corrected chi connectivity index (χ4v) is 1.50. The van der Waals surface area contributed by atoms with Crippen LogP contribution in [0.15, 0.2) is 39.9 Å². The predicted molar refractivity (Wildman–Crippen MR) is 66.0 cm³/mol. The number of methoxy groups -OCH3 is 1. The average Bonchev–Trinajstić information content (AvgIpc) is 2.46. The summed E-state index contributed by atoms with van der Waals surface area (Å²) in [6, 6.07) is 4.73. The van der Waals surface area contributed by atoms with Gasteiger partial charge in [-0.3, -0.25) is 4.79 Å². The highest BCUT2D eigenvalue weighted by Crippen LogP contribution is 2.16. The van der Waals surface area contributed by atoms with Gasteiger partial charge in [0.05, 0.1) is 12.7 Å². The van der Waals surface area contributed by atoms with Gasteiger partial charge in [-0.2, -0.15) is 0 Å². The van der Waals surface area contributed by atoms with Crippen molar-refractivity contribution in [3.8, 4) is 11.6 Å². The Morgan fingerprint density at radius 2 is 2.32 bits per heavy atom. The molecule has 1 N–H and O–H groups in total. The molecule has 100 valence electrons. The van der Waals surface area contributed by atoms with Crippen molar-refractivity contribution >= 4 is 0 Å². The van der Waals surface area contributed by atoms with Gasteiger partial charge in [0.25, 0.3) is 0 Å². The van der Waals surface area contributed by atoms with E-state index in [1.54, 1.807) is 18.3 Å². The van der Waals surface area contributed by atoms with Crippen molar-refractivity contribution in [2.75, 3.05) is 7.11 Å². The highest BCUT2D eigenvalue weighted by Gasteiger charge is 2.07. The zero-order valence-electron chi connectivity index (χ0n) is 10.3. The molecule has 0 saturated heterocycles. The van der Waals surface area contributed by atoms with Gasteiger partial charge in [-0.05, 0) is 12.1 Å². The molecule has 0 aliphatic rings. The van der Waals surface area contributed by atoms with Crippen molar-refractivity contribution in [2.45, 2.75) is 13.2 Å². The van der Waals surface area contributed by atoms with E-state index in [2.05, 4.69) is 4.98 Å². The van der Waals surface area contributed by atoms with Crippen LogP contribution in [0.4, 0.5) is 0 Å². The maximum atomic E-state index is 11.6. The smallest absolute Gasteiger partial charge is 0.227 e. The second kappa shape index (κ2) is 6.01. The maximum Gasteiger partial charge on any atom is 0.227 e. The van der Waals surface area contributed by atoms with E-state index in [1.165, 1.54) is 19.4 Å². The second-order valence-corrected chi connectivity index (χ2v) is 3.69. The van der Waals surface area contributed by atoms with Gasteiger partial charge in [0.2, 0.25) is 17.1 Å². The Bertz CT molecular complexity index is 608. The number of rotatable bonds is 5. The van der Waals surface area contributed by atoms with E-state index >= 15 is 0 Å². The lowest BCUT2D eigenvalue weighted by Crippen LogP contribution is -2.08. The third-order valence-electron chi connectivity index (χ3n) is 2.43. The number of hydrogen-bond donors (Lipinski definition) is 1. The third kappa shape index (κ3) is 3.11. The number of aliphatic hydroxyl groups excluding tert-OH is 1. The summed E-state index contributed by atoms with van der Waals surface area (Å²) in [6.07, 6.45) is 2.78. The summed E-state index contributed by atoms with van der Waals surface area (Å²) in [5.74, 6) is 0.707. The predicted octanol–water partition coefficient (Wildman–Crippen LogP) is 1.11. The summed E-state index contributed by atoms with van der Waals surface area (Å²) in [6.45, 7) is -0.188. The van der Waals surface area contributed by atoms with Crippen molar-refractivity contribution in [3.63, 3.8) is 0 Å². The topological polar surface area (TPSA) is 81.8 Å². The van der Waals surface area contributed by atoms with Gasteiger partial charge in [-0.1, -0.05) is 0 Å². The van der Waals surface area contributed by atoms with Crippen LogP contribution in [-0.4, -0.2) is 17.2 Å². The lowest BCUT2D eigenvalue weighted by atomic mass is 10.3. The van der Waals surface area contributed by atoms with Gasteiger partial charge in [0, 0.05) is 12.3 Å². The Balaban J connectivity index is 2.12. The van der Waals surface area contributed by atoms with Gasteiger partial charge in [0.15, 0.2) is 0 Å². The van der Waals surface area contributed by atoms with Crippen LogP contribution >= 0.6 is 0 Å². The fraction of sp³-hybridized carbons (Fsp3) is 0.231. The Hall–Kier alpha value is -2.34. The van der Waals surface area contributed by atoms with E-state index in [1.807, 2.05) is 0 Å². The Morgan fingerprint density at radius 1 is 1.47 bits per heavy atom. The first-order valence-corrected chi connectivity index (χ1v) is 5.58. The molecule has 0 spiro atoms. The lowest BCUT2D eigenvalue weighted by Gasteiger charge is -2.08. The molecular weight excluding hydrogens is 250 g/mol. The second-order valence-electron chi connectivity index (χ2n) is 3.69. The Kier molecular flexibility index (Phi) is 4.15. The molecule has 0 bridgehead atoms. The van der Waals surface area contributed by atoms with Crippen LogP contribution in [0, 0.1) is 0 Å². The molecule has 0 amide bonds. The van der Waals surface area contributed by atoms with Crippen LogP contribution < -0.4 is 14.9 Å². The normalized spacial score (nSPS) is 10.2. The van der Waals surface area contributed by atoms with Crippen LogP contribution in [-0.2, 0) is 13.2 Å². The molecule has 0 aromatic carbocycles. The highest BCUT2D eigenvalue weighted by atomic mass is 16.5. The molecule has 0 aliphatic heterocycles.